The molecule has 2 rings (SSSR count). The molecular weight excluding hydrogens is 302 g/mol. The number of halogens is 2. The fourth-order valence-electron chi connectivity index (χ4n) is 1.74. The summed E-state index contributed by atoms with van der Waals surface area (Å²) in [6, 6.07) is 6.89. The smallest absolute Gasteiger partial charge is 0.267 e. The predicted molar refractivity (Wildman–Crippen MR) is 74.6 cm³/mol. The number of hydrogen-bond donors (Lipinski definition) is 2. The van der Waals surface area contributed by atoms with E-state index in [1.165, 1.54) is 25.3 Å². The van der Waals surface area contributed by atoms with Crippen LogP contribution in [-0.2, 0) is 10.0 Å². The molecule has 3 N–H and O–H groups in total. The zero-order valence-corrected chi connectivity index (χ0v) is 11.7. The summed E-state index contributed by atoms with van der Waals surface area (Å²) in [7, 11) is -3.00. The molecular formula is C13H12F2N2O3S. The Hall–Kier alpha value is -2.35. The van der Waals surface area contributed by atoms with Crippen LogP contribution in [0.2, 0.25) is 0 Å². The number of sulfonamides is 1. The van der Waals surface area contributed by atoms with Gasteiger partial charge in [-0.2, -0.15) is 0 Å². The Morgan fingerprint density at radius 3 is 2.29 bits per heavy atom. The second-order valence-electron chi connectivity index (χ2n) is 4.11. The molecule has 0 aliphatic rings. The lowest BCUT2D eigenvalue weighted by Crippen LogP contribution is -2.16. The van der Waals surface area contributed by atoms with E-state index in [0.29, 0.717) is 5.75 Å². The monoisotopic (exact) mass is 314 g/mol. The van der Waals surface area contributed by atoms with Crippen molar-refractivity contribution in [2.24, 2.45) is 0 Å². The molecule has 0 fully saturated rings. The minimum Gasteiger partial charge on any atom is -0.495 e. The van der Waals surface area contributed by atoms with Crippen LogP contribution in [0.3, 0.4) is 0 Å². The number of ether oxygens (including phenoxy) is 1. The van der Waals surface area contributed by atoms with Crippen molar-refractivity contribution < 1.29 is 21.9 Å². The lowest BCUT2D eigenvalue weighted by Gasteiger charge is -2.11. The van der Waals surface area contributed by atoms with Gasteiger partial charge in [-0.25, -0.2) is 17.2 Å². The summed E-state index contributed by atoms with van der Waals surface area (Å²) in [6.07, 6.45) is 0. The molecule has 0 heterocycles. The molecule has 0 unspecified atom stereocenters. The molecule has 2 aromatic carbocycles. The van der Waals surface area contributed by atoms with Crippen molar-refractivity contribution in [3.05, 3.63) is 48.0 Å². The van der Waals surface area contributed by atoms with Crippen molar-refractivity contribution in [3.8, 4) is 5.75 Å². The van der Waals surface area contributed by atoms with Crippen molar-refractivity contribution in [2.45, 2.75) is 4.90 Å². The zero-order chi connectivity index (χ0) is 15.6. The average Bonchev–Trinajstić information content (AvgIpc) is 2.37. The van der Waals surface area contributed by atoms with Crippen LogP contribution < -0.4 is 15.2 Å². The highest BCUT2D eigenvalue weighted by Crippen LogP contribution is 2.27. The maximum Gasteiger partial charge on any atom is 0.267 e. The van der Waals surface area contributed by atoms with Crippen LogP contribution in [-0.4, -0.2) is 15.5 Å². The van der Waals surface area contributed by atoms with E-state index in [1.807, 2.05) is 0 Å². The molecule has 0 bridgehead atoms. The van der Waals surface area contributed by atoms with Gasteiger partial charge in [-0.05, 0) is 30.3 Å². The van der Waals surface area contributed by atoms with E-state index in [9.17, 15) is 17.2 Å². The Kier molecular flexibility index (Phi) is 3.99. The molecule has 2 aromatic rings. The number of nitrogen functional groups attached to an aromatic ring is 1. The third-order valence-electron chi connectivity index (χ3n) is 2.67. The van der Waals surface area contributed by atoms with E-state index in [2.05, 4.69) is 4.72 Å². The standard InChI is InChI=1S/C13H12F2N2O3S/c1-20-12-6-5-8(7-11(12)16)17-21(18,19)13-9(14)3-2-4-10(13)15/h2-7,17H,16H2,1H3. The highest BCUT2D eigenvalue weighted by atomic mass is 32.2. The van der Waals surface area contributed by atoms with Gasteiger partial charge in [0.15, 0.2) is 4.90 Å². The van der Waals surface area contributed by atoms with Crippen LogP contribution in [0, 0.1) is 11.6 Å². The van der Waals surface area contributed by atoms with Gasteiger partial charge in [-0.1, -0.05) is 6.07 Å². The topological polar surface area (TPSA) is 81.4 Å². The van der Waals surface area contributed by atoms with Crippen molar-refractivity contribution >= 4 is 21.4 Å². The summed E-state index contributed by atoms with van der Waals surface area (Å²) in [4.78, 5) is -1.04. The number of nitrogens with one attached hydrogen (secondary N) is 1. The summed E-state index contributed by atoms with van der Waals surface area (Å²) in [5.74, 6) is -2.00. The summed E-state index contributed by atoms with van der Waals surface area (Å²) >= 11 is 0. The van der Waals surface area contributed by atoms with Gasteiger partial charge in [0.2, 0.25) is 0 Å². The van der Waals surface area contributed by atoms with E-state index in [-0.39, 0.29) is 11.4 Å². The van der Waals surface area contributed by atoms with Crippen LogP contribution in [0.4, 0.5) is 20.2 Å². The first-order valence-corrected chi connectivity index (χ1v) is 7.24. The van der Waals surface area contributed by atoms with Crippen molar-refractivity contribution in [3.63, 3.8) is 0 Å². The van der Waals surface area contributed by atoms with Crippen LogP contribution in [0.25, 0.3) is 0 Å². The van der Waals surface area contributed by atoms with E-state index >= 15 is 0 Å². The van der Waals surface area contributed by atoms with Crippen molar-refractivity contribution in [2.75, 3.05) is 17.6 Å². The summed E-state index contributed by atoms with van der Waals surface area (Å²) in [5, 5.41) is 0. The molecule has 0 saturated carbocycles. The Bertz CT molecular complexity index is 759. The molecule has 0 spiro atoms. The second-order valence-corrected chi connectivity index (χ2v) is 5.73. The quantitative estimate of drug-likeness (QED) is 0.849. The van der Waals surface area contributed by atoms with Crippen LogP contribution in [0.5, 0.6) is 5.75 Å². The number of rotatable bonds is 4. The molecule has 0 saturated heterocycles. The van der Waals surface area contributed by atoms with E-state index in [0.717, 1.165) is 18.2 Å². The normalized spacial score (nSPS) is 11.2. The number of hydrogen-bond acceptors (Lipinski definition) is 4. The van der Waals surface area contributed by atoms with Gasteiger partial charge in [-0.3, -0.25) is 4.72 Å². The number of methoxy groups -OCH3 is 1. The first-order chi connectivity index (χ1) is 9.85. The summed E-state index contributed by atoms with van der Waals surface area (Å²) < 4.78 is 58.2. The Balaban J connectivity index is 2.40. The minimum atomic E-state index is -4.41. The number of benzene rings is 2. The van der Waals surface area contributed by atoms with Crippen LogP contribution >= 0.6 is 0 Å². The summed E-state index contributed by atoms with van der Waals surface area (Å²) in [5.41, 5.74) is 5.89. The molecule has 0 radical (unpaired) electrons. The van der Waals surface area contributed by atoms with E-state index in [4.69, 9.17) is 10.5 Å². The largest absolute Gasteiger partial charge is 0.495 e. The van der Waals surface area contributed by atoms with Crippen LogP contribution in [0.1, 0.15) is 0 Å². The third-order valence-corrected chi connectivity index (χ3v) is 4.10. The lowest BCUT2D eigenvalue weighted by atomic mass is 10.2. The molecule has 21 heavy (non-hydrogen) atoms. The van der Waals surface area contributed by atoms with Gasteiger partial charge in [0.1, 0.15) is 17.4 Å². The first kappa shape index (κ1) is 15.0. The molecule has 0 aliphatic carbocycles. The van der Waals surface area contributed by atoms with E-state index in [1.54, 1.807) is 0 Å². The second kappa shape index (κ2) is 5.57. The molecule has 0 atom stereocenters. The molecule has 5 nitrogen and oxygen atoms in total. The van der Waals surface area contributed by atoms with E-state index < -0.39 is 26.6 Å². The van der Waals surface area contributed by atoms with Gasteiger partial charge in [0, 0.05) is 0 Å². The molecule has 112 valence electrons. The fraction of sp³-hybridized carbons (Fsp3) is 0.0769. The zero-order valence-electron chi connectivity index (χ0n) is 10.9. The number of nitrogens with two attached hydrogens (primary N) is 1. The fourth-order valence-corrected chi connectivity index (χ4v) is 2.93. The molecule has 0 aromatic heterocycles. The highest BCUT2D eigenvalue weighted by molar-refractivity contribution is 7.92. The first-order valence-electron chi connectivity index (χ1n) is 5.75. The Morgan fingerprint density at radius 2 is 1.76 bits per heavy atom. The van der Waals surface area contributed by atoms with Gasteiger partial charge < -0.3 is 10.5 Å². The molecule has 0 amide bonds. The predicted octanol–water partition coefficient (Wildman–Crippen LogP) is 2.36. The van der Waals surface area contributed by atoms with Gasteiger partial charge in [0.25, 0.3) is 10.0 Å². The molecule has 0 aliphatic heterocycles. The Labute approximate surface area is 120 Å². The van der Waals surface area contributed by atoms with Crippen molar-refractivity contribution in [1.82, 2.24) is 0 Å². The van der Waals surface area contributed by atoms with Gasteiger partial charge in [0.05, 0.1) is 18.5 Å². The Morgan fingerprint density at radius 1 is 1.14 bits per heavy atom. The highest BCUT2D eigenvalue weighted by Gasteiger charge is 2.24. The van der Waals surface area contributed by atoms with Crippen molar-refractivity contribution in [1.29, 1.82) is 0 Å². The maximum absolute atomic E-state index is 13.5. The molecule has 8 heteroatoms. The van der Waals surface area contributed by atoms with Gasteiger partial charge in [-0.15, -0.1) is 0 Å². The number of anilines is 2. The third kappa shape index (κ3) is 3.05. The summed E-state index contributed by atoms with van der Waals surface area (Å²) in [6.45, 7) is 0. The minimum absolute atomic E-state index is 0.0657. The SMILES string of the molecule is COc1ccc(NS(=O)(=O)c2c(F)cccc2F)cc1N. The maximum atomic E-state index is 13.5. The average molecular weight is 314 g/mol. The lowest BCUT2D eigenvalue weighted by molar-refractivity contribution is 0.417. The van der Waals surface area contributed by atoms with Crippen LogP contribution in [0.15, 0.2) is 41.3 Å². The van der Waals surface area contributed by atoms with Gasteiger partial charge >= 0.3 is 0 Å².